The third-order valence-electron chi connectivity index (χ3n) is 5.67. The summed E-state index contributed by atoms with van der Waals surface area (Å²) in [6, 6.07) is 0.761. The zero-order chi connectivity index (χ0) is 34.5. The second-order valence-electron chi connectivity index (χ2n) is 8.13. The zero-order valence-corrected chi connectivity index (χ0v) is 20.1. The normalized spacial score (nSPS) is 42.1. The first-order chi connectivity index (χ1) is 21.0. The lowest BCUT2D eigenvalue weighted by molar-refractivity contribution is -0.0629. The zero-order valence-electron chi connectivity index (χ0n) is 29.3. The van der Waals surface area contributed by atoms with E-state index in [0.29, 0.717) is 29.3 Å². The highest BCUT2D eigenvalue weighted by atomic mass is 32.2. The number of aryl methyl sites for hydroxylation is 1. The molecule has 0 unspecified atom stereocenters. The molecular formula is C24H31FN6O4S. The fraction of sp³-hybridized carbons (Fsp3) is 0.583. The van der Waals surface area contributed by atoms with Crippen LogP contribution >= 0.6 is 11.8 Å². The smallest absolute Gasteiger partial charge is 0.191 e. The number of hydrogen-bond donors (Lipinski definition) is 4. The number of hydrogen-bond acceptors (Lipinski definition) is 10. The van der Waals surface area contributed by atoms with Crippen molar-refractivity contribution >= 4 is 28.7 Å². The number of ether oxygens (including phenoxy) is 1. The number of rotatable bonds is 10. The molecule has 1 aromatic carbocycles. The fourth-order valence-corrected chi connectivity index (χ4v) is 4.29. The molecule has 0 amide bonds. The van der Waals surface area contributed by atoms with Gasteiger partial charge in [0.1, 0.15) is 18.0 Å². The molecule has 2 aromatic heterocycles. The lowest BCUT2D eigenvalue weighted by atomic mass is 10.1. The summed E-state index contributed by atoms with van der Waals surface area (Å²) >= 11 is 0.550. The van der Waals surface area contributed by atoms with E-state index in [2.05, 4.69) is 25.6 Å². The van der Waals surface area contributed by atoms with E-state index in [4.69, 9.17) is 18.4 Å². The molecule has 3 aromatic rings. The van der Waals surface area contributed by atoms with Gasteiger partial charge in [0.15, 0.2) is 22.1 Å². The SMILES string of the molecule is [2H]C([2H])(CO)O[C@@]1([2H])C([2H])([2H])[C@@]([2H])(n2nnc3c(N[C@@H]4C[C@H]4c4ccc(C)c(F)c4)nc(SC([2H])([2H])CC)nc32)[C@]([2H])(O)[C@]1([2H])O. The second kappa shape index (κ2) is 10.5. The standard InChI is InChI=1S/C24H31FN6O4S/c1-3-8-36-24-27-22(26-16-10-14(16)13-5-4-12(2)15(25)9-13)19-23(28-24)31(30-29-19)17-11-18(35-7-6-32)21(34)20(17)33/h4-5,9,14,16-18,20-21,32-34H,3,6-8,10-11H2,1-2H3,(H,26,27,28)/t14-,16+,17+,18-,20-,21+/m0/s1/i7D2,8D2,11D2,17D,18D,20D,21D. The molecule has 2 heterocycles. The van der Waals surface area contributed by atoms with E-state index in [1.165, 1.54) is 6.07 Å². The van der Waals surface area contributed by atoms with Gasteiger partial charge in [0.25, 0.3) is 0 Å². The van der Waals surface area contributed by atoms with Crippen molar-refractivity contribution in [2.24, 2.45) is 0 Å². The molecular weight excluding hydrogens is 487 g/mol. The van der Waals surface area contributed by atoms with E-state index < -0.39 is 55.1 Å². The molecule has 36 heavy (non-hydrogen) atoms. The number of halogens is 1. The Morgan fingerprint density at radius 1 is 1.36 bits per heavy atom. The molecule has 12 heteroatoms. The van der Waals surface area contributed by atoms with Gasteiger partial charge < -0.3 is 25.4 Å². The first-order valence-electron chi connectivity index (χ1n) is 16.1. The Labute approximate surface area is 226 Å². The van der Waals surface area contributed by atoms with Crippen LogP contribution in [0, 0.1) is 12.7 Å². The highest BCUT2D eigenvalue weighted by molar-refractivity contribution is 7.99. The molecule has 0 saturated heterocycles. The average Bonchev–Trinajstić information content (AvgIpc) is 3.58. The average molecular weight is 529 g/mol. The van der Waals surface area contributed by atoms with Crippen LogP contribution in [0.15, 0.2) is 23.4 Å². The molecule has 2 saturated carbocycles. The molecule has 2 fully saturated rings. The number of aliphatic hydroxyl groups is 3. The largest absolute Gasteiger partial charge is 0.394 e. The van der Waals surface area contributed by atoms with Gasteiger partial charge in [-0.15, -0.1) is 5.10 Å². The molecule has 6 atom stereocenters. The predicted molar refractivity (Wildman–Crippen MR) is 133 cm³/mol. The minimum absolute atomic E-state index is 0.00212. The predicted octanol–water partition coefficient (Wildman–Crippen LogP) is 2.18. The maximum Gasteiger partial charge on any atom is 0.191 e. The van der Waals surface area contributed by atoms with Gasteiger partial charge in [0.05, 0.1) is 33.5 Å². The third kappa shape index (κ3) is 4.92. The van der Waals surface area contributed by atoms with Gasteiger partial charge >= 0.3 is 0 Å². The highest BCUT2D eigenvalue weighted by Crippen LogP contribution is 2.44. The molecule has 194 valence electrons. The van der Waals surface area contributed by atoms with Gasteiger partial charge in [-0.05, 0) is 37.0 Å². The first kappa shape index (κ1) is 15.8. The van der Waals surface area contributed by atoms with Crippen molar-refractivity contribution in [3.63, 3.8) is 0 Å². The van der Waals surface area contributed by atoms with Crippen molar-refractivity contribution < 1.29 is 38.2 Å². The van der Waals surface area contributed by atoms with E-state index in [0.717, 1.165) is 0 Å². The van der Waals surface area contributed by atoms with Crippen LogP contribution < -0.4 is 5.32 Å². The molecule has 5 rings (SSSR count). The van der Waals surface area contributed by atoms with E-state index in [1.54, 1.807) is 26.0 Å². The van der Waals surface area contributed by atoms with Gasteiger partial charge in [-0.1, -0.05) is 36.0 Å². The van der Waals surface area contributed by atoms with Crippen molar-refractivity contribution in [3.8, 4) is 0 Å². The maximum absolute atomic E-state index is 14.2. The van der Waals surface area contributed by atoms with Gasteiger partial charge in [-0.3, -0.25) is 0 Å². The monoisotopic (exact) mass is 528 g/mol. The molecule has 0 radical (unpaired) electrons. The fourth-order valence-electron chi connectivity index (χ4n) is 3.74. The summed E-state index contributed by atoms with van der Waals surface area (Å²) in [7, 11) is 0. The molecule has 0 bridgehead atoms. The van der Waals surface area contributed by atoms with Crippen molar-refractivity contribution in [2.75, 3.05) is 24.2 Å². The molecule has 2 aliphatic carbocycles. The minimum Gasteiger partial charge on any atom is -0.394 e. The van der Waals surface area contributed by atoms with Crippen molar-refractivity contribution in [1.29, 1.82) is 0 Å². The quantitative estimate of drug-likeness (QED) is 0.229. The molecule has 0 spiro atoms. The molecule has 2 aliphatic rings. The molecule has 10 nitrogen and oxygen atoms in total. The van der Waals surface area contributed by atoms with E-state index in [9.17, 15) is 19.7 Å². The summed E-state index contributed by atoms with van der Waals surface area (Å²) in [5.41, 5.74) is -1.60. The topological polar surface area (TPSA) is 138 Å². The Balaban J connectivity index is 1.66. The van der Waals surface area contributed by atoms with Crippen LogP contribution in [0.4, 0.5) is 10.2 Å². The summed E-state index contributed by atoms with van der Waals surface area (Å²) in [4.78, 5) is 8.53. The lowest BCUT2D eigenvalue weighted by Crippen LogP contribution is -2.33. The van der Waals surface area contributed by atoms with Crippen LogP contribution in [-0.4, -0.2) is 83.4 Å². The maximum atomic E-state index is 14.2. The van der Waals surface area contributed by atoms with Crippen LogP contribution in [0.25, 0.3) is 11.2 Å². The van der Waals surface area contributed by atoms with Crippen molar-refractivity contribution in [3.05, 3.63) is 35.1 Å². The van der Waals surface area contributed by atoms with Gasteiger partial charge in [0.2, 0.25) is 0 Å². The Bertz CT molecular complexity index is 1690. The van der Waals surface area contributed by atoms with Gasteiger partial charge in [-0.25, -0.2) is 19.0 Å². The van der Waals surface area contributed by atoms with Crippen molar-refractivity contribution in [1.82, 2.24) is 25.0 Å². The number of fused-ring (bicyclic) bond motifs is 1. The highest BCUT2D eigenvalue weighted by Gasteiger charge is 2.45. The molecule has 4 N–H and O–H groups in total. The number of benzene rings is 1. The summed E-state index contributed by atoms with van der Waals surface area (Å²) in [6.45, 7) is -1.56. The summed E-state index contributed by atoms with van der Waals surface area (Å²) in [6.07, 6.45) is -15.4. The third-order valence-corrected chi connectivity index (χ3v) is 6.47. The summed E-state index contributed by atoms with van der Waals surface area (Å²) in [5.74, 6) is -0.632. The number of anilines is 1. The second-order valence-corrected chi connectivity index (χ2v) is 8.99. The number of thioether (sulfide) groups is 1. The summed E-state index contributed by atoms with van der Waals surface area (Å²) in [5, 5.41) is 42.0. The lowest BCUT2D eigenvalue weighted by Gasteiger charge is -2.17. The van der Waals surface area contributed by atoms with E-state index >= 15 is 0 Å². The van der Waals surface area contributed by atoms with E-state index in [-0.39, 0.29) is 45.4 Å². The van der Waals surface area contributed by atoms with Crippen LogP contribution in [0.3, 0.4) is 0 Å². The van der Waals surface area contributed by atoms with E-state index in [1.807, 2.05) is 0 Å². The van der Waals surface area contributed by atoms with Crippen LogP contribution in [0.2, 0.25) is 0 Å². The van der Waals surface area contributed by atoms with Crippen molar-refractivity contribution in [2.45, 2.75) is 74.4 Å². The van der Waals surface area contributed by atoms with Crippen LogP contribution in [0.1, 0.15) is 62.9 Å². The number of aliphatic hydroxyl groups excluding tert-OH is 1. The van der Waals surface area contributed by atoms with Crippen LogP contribution in [-0.2, 0) is 4.74 Å². The van der Waals surface area contributed by atoms with Crippen LogP contribution in [0.5, 0.6) is 0 Å². The van der Waals surface area contributed by atoms with Gasteiger partial charge in [-0.2, -0.15) is 0 Å². The molecule has 0 aliphatic heterocycles. The number of aromatic nitrogens is 5. The number of nitrogens with one attached hydrogen (secondary N) is 1. The Morgan fingerprint density at radius 2 is 2.19 bits per heavy atom. The Morgan fingerprint density at radius 3 is 2.94 bits per heavy atom. The first-order valence-corrected chi connectivity index (χ1v) is 11.9. The minimum atomic E-state index is -4.10. The Hall–Kier alpha value is -2.38. The van der Waals surface area contributed by atoms with Gasteiger partial charge in [0, 0.05) is 29.5 Å². The summed E-state index contributed by atoms with van der Waals surface area (Å²) < 4.78 is 103. The Kier molecular flexibility index (Phi) is 4.62. The number of nitrogens with zero attached hydrogens (tertiary/aromatic N) is 5.